The summed E-state index contributed by atoms with van der Waals surface area (Å²) in [5.74, 6) is 0. The Morgan fingerprint density at radius 3 is 2.94 bits per heavy atom. The van der Waals surface area contributed by atoms with Gasteiger partial charge in [0.15, 0.2) is 0 Å². The van der Waals surface area contributed by atoms with E-state index in [2.05, 4.69) is 11.2 Å². The van der Waals surface area contributed by atoms with Crippen molar-refractivity contribution >= 4 is 6.21 Å². The Morgan fingerprint density at radius 1 is 1.44 bits per heavy atom. The van der Waals surface area contributed by atoms with Crippen LogP contribution in [0.3, 0.4) is 0 Å². The number of nitrogens with zero attached hydrogens (tertiary/aromatic N) is 2. The van der Waals surface area contributed by atoms with Crippen LogP contribution >= 0.6 is 0 Å². The molecule has 5 nitrogen and oxygen atoms in total. The summed E-state index contributed by atoms with van der Waals surface area (Å²) in [6.07, 6.45) is 2.03. The molecular weight excluding hydrogens is 232 g/mol. The van der Waals surface area contributed by atoms with E-state index in [1.807, 2.05) is 24.3 Å². The van der Waals surface area contributed by atoms with Crippen molar-refractivity contribution in [1.82, 2.24) is 0 Å². The van der Waals surface area contributed by atoms with E-state index in [1.54, 1.807) is 6.21 Å². The summed E-state index contributed by atoms with van der Waals surface area (Å²) in [4.78, 5) is 5.11. The molecule has 1 fully saturated rings. The quantitative estimate of drug-likeness (QED) is 0.583. The van der Waals surface area contributed by atoms with E-state index in [0.29, 0.717) is 26.4 Å². The molecule has 2 rings (SSSR count). The van der Waals surface area contributed by atoms with Gasteiger partial charge < -0.3 is 14.3 Å². The summed E-state index contributed by atoms with van der Waals surface area (Å²) < 4.78 is 10.2. The molecule has 0 spiro atoms. The Kier molecular flexibility index (Phi) is 4.70. The molecular formula is C13H14N2O3. The second-order valence-corrected chi connectivity index (χ2v) is 3.88. The van der Waals surface area contributed by atoms with Crippen molar-refractivity contribution < 1.29 is 14.3 Å². The lowest BCUT2D eigenvalue weighted by molar-refractivity contribution is 0.00703. The summed E-state index contributed by atoms with van der Waals surface area (Å²) in [5, 5.41) is 12.4. The summed E-state index contributed by atoms with van der Waals surface area (Å²) >= 11 is 0. The second-order valence-electron chi connectivity index (χ2n) is 3.88. The third-order valence-corrected chi connectivity index (χ3v) is 2.49. The van der Waals surface area contributed by atoms with Gasteiger partial charge >= 0.3 is 0 Å². The van der Waals surface area contributed by atoms with E-state index < -0.39 is 0 Å². The van der Waals surface area contributed by atoms with Crippen LogP contribution in [0, 0.1) is 11.3 Å². The highest BCUT2D eigenvalue weighted by molar-refractivity contribution is 5.79. The topological polar surface area (TPSA) is 63.8 Å². The minimum absolute atomic E-state index is 0.0276. The van der Waals surface area contributed by atoms with Gasteiger partial charge in [-0.15, -0.1) is 0 Å². The molecule has 1 unspecified atom stereocenters. The van der Waals surface area contributed by atoms with Crippen molar-refractivity contribution in [3.05, 3.63) is 35.4 Å². The standard InChI is InChI=1S/C13H14N2O3/c14-6-5-11-1-3-12(4-2-11)7-15-18-9-13-8-16-10-17-13/h1-4,7,13H,5,8-10H2/b15-7+. The first kappa shape index (κ1) is 12.6. The van der Waals surface area contributed by atoms with E-state index in [-0.39, 0.29) is 6.10 Å². The van der Waals surface area contributed by atoms with Gasteiger partial charge in [0.25, 0.3) is 0 Å². The molecule has 1 saturated heterocycles. The molecule has 5 heteroatoms. The molecule has 1 heterocycles. The van der Waals surface area contributed by atoms with E-state index in [0.717, 1.165) is 11.1 Å². The third-order valence-electron chi connectivity index (χ3n) is 2.49. The van der Waals surface area contributed by atoms with Gasteiger partial charge in [0.05, 0.1) is 25.3 Å². The number of ether oxygens (including phenoxy) is 2. The fraction of sp³-hybridized carbons (Fsp3) is 0.385. The van der Waals surface area contributed by atoms with Crippen LogP contribution in [0.1, 0.15) is 11.1 Å². The van der Waals surface area contributed by atoms with Gasteiger partial charge in [-0.25, -0.2) is 0 Å². The summed E-state index contributed by atoms with van der Waals surface area (Å²) in [6.45, 7) is 1.28. The molecule has 94 valence electrons. The van der Waals surface area contributed by atoms with Crippen molar-refractivity contribution in [2.45, 2.75) is 12.5 Å². The number of hydrogen-bond acceptors (Lipinski definition) is 5. The zero-order chi connectivity index (χ0) is 12.6. The van der Waals surface area contributed by atoms with Crippen LogP contribution in [0.5, 0.6) is 0 Å². The Bertz CT molecular complexity index is 431. The summed E-state index contributed by atoms with van der Waals surface area (Å²) in [7, 11) is 0. The average molecular weight is 246 g/mol. The SMILES string of the molecule is N#CCc1ccc(/C=N/OCC2COCO2)cc1. The van der Waals surface area contributed by atoms with Gasteiger partial charge in [0.2, 0.25) is 0 Å². The predicted octanol–water partition coefficient (Wildman–Crippen LogP) is 1.48. The molecule has 0 saturated carbocycles. The number of benzene rings is 1. The number of nitriles is 1. The van der Waals surface area contributed by atoms with Crippen LogP contribution < -0.4 is 0 Å². The van der Waals surface area contributed by atoms with Gasteiger partial charge in [0, 0.05) is 0 Å². The number of oxime groups is 1. The van der Waals surface area contributed by atoms with Crippen molar-refractivity contribution in [1.29, 1.82) is 5.26 Å². The van der Waals surface area contributed by atoms with Crippen LogP contribution in [-0.4, -0.2) is 32.3 Å². The van der Waals surface area contributed by atoms with E-state index >= 15 is 0 Å². The molecule has 0 aromatic heterocycles. The van der Waals surface area contributed by atoms with Gasteiger partial charge in [0.1, 0.15) is 19.5 Å². The number of rotatable bonds is 5. The molecule has 0 radical (unpaired) electrons. The molecule has 1 aliphatic heterocycles. The Balaban J connectivity index is 1.76. The molecule has 0 aliphatic carbocycles. The first-order valence-electron chi connectivity index (χ1n) is 5.69. The Hall–Kier alpha value is -1.90. The summed E-state index contributed by atoms with van der Waals surface area (Å²) in [6, 6.07) is 9.70. The largest absolute Gasteiger partial charge is 0.393 e. The first-order chi connectivity index (χ1) is 8.88. The second kappa shape index (κ2) is 6.74. The van der Waals surface area contributed by atoms with Crippen LogP contribution in [-0.2, 0) is 20.7 Å². The number of hydrogen-bond donors (Lipinski definition) is 0. The minimum Gasteiger partial charge on any atom is -0.393 e. The highest BCUT2D eigenvalue weighted by atomic mass is 16.7. The minimum atomic E-state index is -0.0276. The van der Waals surface area contributed by atoms with Crippen LogP contribution in [0.2, 0.25) is 0 Å². The highest BCUT2D eigenvalue weighted by Crippen LogP contribution is 2.04. The van der Waals surface area contributed by atoms with E-state index in [1.165, 1.54) is 0 Å². The first-order valence-corrected chi connectivity index (χ1v) is 5.69. The molecule has 0 amide bonds. The molecule has 1 aromatic rings. The normalized spacial score (nSPS) is 18.9. The predicted molar refractivity (Wildman–Crippen MR) is 65.0 cm³/mol. The maximum atomic E-state index is 8.55. The molecule has 1 aliphatic rings. The monoisotopic (exact) mass is 246 g/mol. The molecule has 1 aromatic carbocycles. The average Bonchev–Trinajstić information content (AvgIpc) is 2.90. The maximum absolute atomic E-state index is 8.55. The van der Waals surface area contributed by atoms with Crippen molar-refractivity contribution in [2.24, 2.45) is 5.16 Å². The lowest BCUT2D eigenvalue weighted by atomic mass is 10.1. The lowest BCUT2D eigenvalue weighted by Gasteiger charge is -2.04. The molecule has 0 bridgehead atoms. The van der Waals surface area contributed by atoms with Crippen molar-refractivity contribution in [3.8, 4) is 6.07 Å². The van der Waals surface area contributed by atoms with Crippen LogP contribution in [0.25, 0.3) is 0 Å². The van der Waals surface area contributed by atoms with Gasteiger partial charge in [-0.1, -0.05) is 29.4 Å². The molecule has 0 N–H and O–H groups in total. The van der Waals surface area contributed by atoms with Gasteiger partial charge in [-0.3, -0.25) is 0 Å². The van der Waals surface area contributed by atoms with Crippen LogP contribution in [0.4, 0.5) is 0 Å². The van der Waals surface area contributed by atoms with Crippen LogP contribution in [0.15, 0.2) is 29.4 Å². The van der Waals surface area contributed by atoms with E-state index in [9.17, 15) is 0 Å². The zero-order valence-corrected chi connectivity index (χ0v) is 9.91. The fourth-order valence-electron chi connectivity index (χ4n) is 1.51. The molecule has 18 heavy (non-hydrogen) atoms. The van der Waals surface area contributed by atoms with Gasteiger partial charge in [-0.05, 0) is 11.1 Å². The van der Waals surface area contributed by atoms with E-state index in [4.69, 9.17) is 19.6 Å². The fourth-order valence-corrected chi connectivity index (χ4v) is 1.51. The molecule has 1 atom stereocenters. The Labute approximate surface area is 106 Å². The lowest BCUT2D eigenvalue weighted by Crippen LogP contribution is -2.15. The van der Waals surface area contributed by atoms with Gasteiger partial charge in [-0.2, -0.15) is 5.26 Å². The highest BCUT2D eigenvalue weighted by Gasteiger charge is 2.16. The third kappa shape index (κ3) is 3.84. The van der Waals surface area contributed by atoms with Crippen molar-refractivity contribution in [3.63, 3.8) is 0 Å². The zero-order valence-electron chi connectivity index (χ0n) is 9.91. The summed E-state index contributed by atoms with van der Waals surface area (Å²) in [5.41, 5.74) is 1.92. The smallest absolute Gasteiger partial charge is 0.147 e. The van der Waals surface area contributed by atoms with Crippen molar-refractivity contribution in [2.75, 3.05) is 20.0 Å². The maximum Gasteiger partial charge on any atom is 0.147 e. The Morgan fingerprint density at radius 2 is 2.28 bits per heavy atom.